The minimum Gasteiger partial charge on any atom is -0.320 e. The molecule has 0 radical (unpaired) electrons. The fourth-order valence-electron chi connectivity index (χ4n) is 1.46. The molecule has 1 aromatic carbocycles. The number of nitrogens with one attached hydrogen (secondary N) is 1. The second-order valence-corrected chi connectivity index (χ2v) is 5.72. The van der Waals surface area contributed by atoms with Gasteiger partial charge in [-0.3, -0.25) is 0 Å². The minimum atomic E-state index is -3.63. The predicted octanol–water partition coefficient (Wildman–Crippen LogP) is 0.577. The summed E-state index contributed by atoms with van der Waals surface area (Å²) in [6, 6.07) is 3.43. The number of hydrogen-bond donors (Lipinski definition) is 2. The molecule has 4 nitrogen and oxygen atoms in total. The van der Waals surface area contributed by atoms with Gasteiger partial charge in [0, 0.05) is 11.6 Å². The van der Waals surface area contributed by atoms with E-state index < -0.39 is 15.8 Å². The van der Waals surface area contributed by atoms with Crippen LogP contribution in [0.2, 0.25) is 0 Å². The molecule has 1 aliphatic rings. The molecular weight excluding hydrogens is 255 g/mol. The average Bonchev–Trinajstić information content (AvgIpc) is 3.09. The Morgan fingerprint density at radius 2 is 2.17 bits per heavy atom. The zero-order chi connectivity index (χ0) is 13.2. The summed E-state index contributed by atoms with van der Waals surface area (Å²) in [6.45, 7) is 0.0893. The number of hydrogen-bond acceptors (Lipinski definition) is 3. The Bertz CT molecular complexity index is 613. The van der Waals surface area contributed by atoms with Crippen LogP contribution in [0.1, 0.15) is 18.4 Å². The molecule has 0 aromatic heterocycles. The van der Waals surface area contributed by atoms with Gasteiger partial charge in [-0.2, -0.15) is 0 Å². The first kappa shape index (κ1) is 13.0. The molecule has 0 atom stereocenters. The van der Waals surface area contributed by atoms with Gasteiger partial charge in [0.05, 0.1) is 11.4 Å². The molecule has 3 N–H and O–H groups in total. The van der Waals surface area contributed by atoms with Gasteiger partial charge in [-0.15, -0.1) is 0 Å². The van der Waals surface area contributed by atoms with E-state index >= 15 is 0 Å². The molecule has 2 rings (SSSR count). The highest BCUT2D eigenvalue weighted by Gasteiger charge is 2.29. The summed E-state index contributed by atoms with van der Waals surface area (Å²) < 4.78 is 39.7. The Kier molecular flexibility index (Phi) is 3.66. The largest absolute Gasteiger partial charge is 0.320 e. The van der Waals surface area contributed by atoms with Gasteiger partial charge in [-0.25, -0.2) is 17.5 Å². The third kappa shape index (κ3) is 3.07. The van der Waals surface area contributed by atoms with Crippen LogP contribution in [0.25, 0.3) is 0 Å². The fourth-order valence-corrected chi connectivity index (χ4v) is 2.91. The zero-order valence-electron chi connectivity index (χ0n) is 9.61. The minimum absolute atomic E-state index is 0.00301. The number of benzene rings is 1. The first-order valence-electron chi connectivity index (χ1n) is 5.54. The SMILES string of the molecule is NCC#Cc1cc(F)ccc1S(=O)(=O)NC1CC1. The number of nitrogens with two attached hydrogens (primary N) is 1. The van der Waals surface area contributed by atoms with Crippen LogP contribution in [-0.4, -0.2) is 21.0 Å². The smallest absolute Gasteiger partial charge is 0.242 e. The topological polar surface area (TPSA) is 72.2 Å². The normalized spacial score (nSPS) is 15.0. The number of halogens is 1. The van der Waals surface area contributed by atoms with Crippen molar-refractivity contribution < 1.29 is 12.8 Å². The molecule has 6 heteroatoms. The van der Waals surface area contributed by atoms with Gasteiger partial charge in [0.1, 0.15) is 5.82 Å². The van der Waals surface area contributed by atoms with Crippen LogP contribution in [0.4, 0.5) is 4.39 Å². The maximum atomic E-state index is 13.1. The molecule has 0 aliphatic heterocycles. The number of sulfonamides is 1. The second kappa shape index (κ2) is 5.06. The van der Waals surface area contributed by atoms with Gasteiger partial charge < -0.3 is 5.73 Å². The Morgan fingerprint density at radius 1 is 1.44 bits per heavy atom. The monoisotopic (exact) mass is 268 g/mol. The lowest BCUT2D eigenvalue weighted by Gasteiger charge is -2.07. The Balaban J connectivity index is 2.42. The maximum Gasteiger partial charge on any atom is 0.242 e. The molecule has 0 amide bonds. The summed E-state index contributed by atoms with van der Waals surface area (Å²) in [5.74, 6) is 4.59. The van der Waals surface area contributed by atoms with Gasteiger partial charge in [0.2, 0.25) is 10.0 Å². The molecular formula is C12H13FN2O2S. The van der Waals surface area contributed by atoms with Crippen LogP contribution in [0.5, 0.6) is 0 Å². The lowest BCUT2D eigenvalue weighted by molar-refractivity contribution is 0.580. The molecule has 0 saturated heterocycles. The van der Waals surface area contributed by atoms with E-state index in [9.17, 15) is 12.8 Å². The zero-order valence-corrected chi connectivity index (χ0v) is 10.4. The molecule has 0 unspecified atom stereocenters. The average molecular weight is 268 g/mol. The van der Waals surface area contributed by atoms with Crippen LogP contribution in [0.15, 0.2) is 23.1 Å². The van der Waals surface area contributed by atoms with Crippen molar-refractivity contribution in [3.8, 4) is 11.8 Å². The van der Waals surface area contributed by atoms with Crippen LogP contribution in [-0.2, 0) is 10.0 Å². The molecule has 18 heavy (non-hydrogen) atoms. The van der Waals surface area contributed by atoms with Gasteiger partial charge in [0.25, 0.3) is 0 Å². The fraction of sp³-hybridized carbons (Fsp3) is 0.333. The van der Waals surface area contributed by atoms with Gasteiger partial charge in [0.15, 0.2) is 0 Å². The molecule has 1 fully saturated rings. The lowest BCUT2D eigenvalue weighted by Crippen LogP contribution is -2.26. The molecule has 0 bridgehead atoms. The quantitative estimate of drug-likeness (QED) is 0.788. The summed E-state index contributed by atoms with van der Waals surface area (Å²) >= 11 is 0. The standard InChI is InChI=1S/C12H13FN2O2S/c13-10-3-6-12(9(8-10)2-1-7-14)18(16,17)15-11-4-5-11/h3,6,8,11,15H,4-5,7,14H2. The Labute approximate surface area is 105 Å². The second-order valence-electron chi connectivity index (χ2n) is 4.04. The first-order chi connectivity index (χ1) is 8.53. The van der Waals surface area contributed by atoms with Crippen molar-refractivity contribution in [1.29, 1.82) is 0 Å². The van der Waals surface area contributed by atoms with Crippen LogP contribution in [0.3, 0.4) is 0 Å². The highest BCUT2D eigenvalue weighted by atomic mass is 32.2. The Morgan fingerprint density at radius 3 is 2.78 bits per heavy atom. The van der Waals surface area contributed by atoms with Crippen LogP contribution in [0, 0.1) is 17.7 Å². The van der Waals surface area contributed by atoms with Crippen molar-refractivity contribution in [2.75, 3.05) is 6.54 Å². The molecule has 0 spiro atoms. The van der Waals surface area contributed by atoms with Crippen molar-refractivity contribution >= 4 is 10.0 Å². The molecule has 1 saturated carbocycles. The molecule has 0 heterocycles. The van der Waals surface area contributed by atoms with E-state index in [1.165, 1.54) is 6.07 Å². The van der Waals surface area contributed by atoms with Gasteiger partial charge >= 0.3 is 0 Å². The van der Waals surface area contributed by atoms with E-state index in [1.807, 2.05) is 0 Å². The van der Waals surface area contributed by atoms with Crippen molar-refractivity contribution in [3.05, 3.63) is 29.6 Å². The third-order valence-electron chi connectivity index (χ3n) is 2.46. The first-order valence-corrected chi connectivity index (χ1v) is 7.02. The van der Waals surface area contributed by atoms with E-state index in [1.54, 1.807) is 0 Å². The van der Waals surface area contributed by atoms with Crippen LogP contribution < -0.4 is 10.5 Å². The summed E-state index contributed by atoms with van der Waals surface area (Å²) in [6.07, 6.45) is 1.68. The summed E-state index contributed by atoms with van der Waals surface area (Å²) in [5.41, 5.74) is 5.36. The van der Waals surface area contributed by atoms with Gasteiger partial charge in [-0.05, 0) is 31.0 Å². The molecule has 1 aliphatic carbocycles. The van der Waals surface area contributed by atoms with E-state index in [4.69, 9.17) is 5.73 Å². The van der Waals surface area contributed by atoms with Crippen molar-refractivity contribution in [3.63, 3.8) is 0 Å². The maximum absolute atomic E-state index is 13.1. The third-order valence-corrected chi connectivity index (χ3v) is 4.03. The van der Waals surface area contributed by atoms with Crippen molar-refractivity contribution in [1.82, 2.24) is 4.72 Å². The van der Waals surface area contributed by atoms with Crippen molar-refractivity contribution in [2.24, 2.45) is 5.73 Å². The Hall–Kier alpha value is -1.42. The van der Waals surface area contributed by atoms with E-state index in [2.05, 4.69) is 16.6 Å². The molecule has 96 valence electrons. The summed E-state index contributed by atoms with van der Waals surface area (Å²) in [4.78, 5) is -0.00301. The summed E-state index contributed by atoms with van der Waals surface area (Å²) in [7, 11) is -3.63. The van der Waals surface area contributed by atoms with E-state index in [0.717, 1.165) is 25.0 Å². The van der Waals surface area contributed by atoms with Crippen molar-refractivity contribution in [2.45, 2.75) is 23.8 Å². The highest BCUT2D eigenvalue weighted by Crippen LogP contribution is 2.23. The van der Waals surface area contributed by atoms with Crippen LogP contribution >= 0.6 is 0 Å². The highest BCUT2D eigenvalue weighted by molar-refractivity contribution is 7.89. The van der Waals surface area contributed by atoms with E-state index in [-0.39, 0.29) is 23.0 Å². The lowest BCUT2D eigenvalue weighted by atomic mass is 10.2. The predicted molar refractivity (Wildman–Crippen MR) is 65.7 cm³/mol. The molecule has 1 aromatic rings. The van der Waals surface area contributed by atoms with Gasteiger partial charge in [-0.1, -0.05) is 11.8 Å². The number of rotatable bonds is 3. The van der Waals surface area contributed by atoms with E-state index in [0.29, 0.717) is 0 Å². The summed E-state index contributed by atoms with van der Waals surface area (Å²) in [5, 5.41) is 0.